The summed E-state index contributed by atoms with van der Waals surface area (Å²) in [6.45, 7) is 3.85. The molecule has 0 bridgehead atoms. The minimum Gasteiger partial charge on any atom is -0.489 e. The zero-order chi connectivity index (χ0) is 17.8. The Balaban J connectivity index is 1.71. The molecule has 2 aromatic rings. The summed E-state index contributed by atoms with van der Waals surface area (Å²) in [6, 6.07) is 5.69. The average Bonchev–Trinajstić information content (AvgIpc) is 2.84. The Morgan fingerprint density at radius 2 is 2.16 bits per heavy atom. The van der Waals surface area contributed by atoms with Crippen LogP contribution in [0.2, 0.25) is 5.02 Å². The summed E-state index contributed by atoms with van der Waals surface area (Å²) in [5, 5.41) is 2.53. The van der Waals surface area contributed by atoms with E-state index in [2.05, 4.69) is 13.0 Å². The molecule has 0 spiro atoms. The highest BCUT2D eigenvalue weighted by Gasteiger charge is 2.15. The van der Waals surface area contributed by atoms with Crippen molar-refractivity contribution >= 4 is 34.9 Å². The van der Waals surface area contributed by atoms with Crippen LogP contribution in [0.4, 0.5) is 0 Å². The Morgan fingerprint density at radius 1 is 1.36 bits per heavy atom. The van der Waals surface area contributed by atoms with Gasteiger partial charge in [0.1, 0.15) is 0 Å². The maximum Gasteiger partial charge on any atom is 0.246 e. The minimum absolute atomic E-state index is 0.0592. The van der Waals surface area contributed by atoms with Crippen LogP contribution < -0.4 is 9.47 Å². The number of hydrogen-bond donors (Lipinski definition) is 0. The molecule has 6 heteroatoms. The van der Waals surface area contributed by atoms with E-state index in [1.165, 1.54) is 10.4 Å². The van der Waals surface area contributed by atoms with Crippen LogP contribution in [0.5, 0.6) is 11.5 Å². The number of ether oxygens (including phenoxy) is 2. The lowest BCUT2D eigenvalue weighted by molar-refractivity contribution is -0.125. The molecule has 2 heterocycles. The maximum absolute atomic E-state index is 12.3. The molecule has 3 rings (SSSR count). The van der Waals surface area contributed by atoms with Crippen LogP contribution in [0.3, 0.4) is 0 Å². The first-order chi connectivity index (χ1) is 12.0. The zero-order valence-electron chi connectivity index (χ0n) is 14.3. The van der Waals surface area contributed by atoms with E-state index in [0.29, 0.717) is 36.3 Å². The molecule has 0 unspecified atom stereocenters. The van der Waals surface area contributed by atoms with Gasteiger partial charge in [-0.2, -0.15) is 0 Å². The average molecular weight is 378 g/mol. The number of aryl methyl sites for hydroxylation is 1. The largest absolute Gasteiger partial charge is 0.489 e. The van der Waals surface area contributed by atoms with Crippen molar-refractivity contribution in [3.63, 3.8) is 0 Å². The van der Waals surface area contributed by atoms with E-state index in [9.17, 15) is 4.79 Å². The standard InChI is InChI=1S/C19H20ClNO3S/c1-13-6-9-25-17(13)12-21(2)18(22)5-4-14-10-15(20)19-16(11-14)23-7-3-8-24-19/h4-6,9-11H,3,7-8,12H2,1-2H3/b5-4+. The summed E-state index contributed by atoms with van der Waals surface area (Å²) in [6.07, 6.45) is 4.13. The molecule has 1 aliphatic rings. The number of carbonyl (C=O) groups is 1. The summed E-state index contributed by atoms with van der Waals surface area (Å²) in [4.78, 5) is 15.2. The highest BCUT2D eigenvalue weighted by atomic mass is 35.5. The summed E-state index contributed by atoms with van der Waals surface area (Å²) in [5.41, 5.74) is 2.02. The Bertz CT molecular complexity index is 800. The van der Waals surface area contributed by atoms with E-state index in [0.717, 1.165) is 12.0 Å². The number of benzene rings is 1. The maximum atomic E-state index is 12.3. The van der Waals surface area contributed by atoms with Crippen molar-refractivity contribution in [3.8, 4) is 11.5 Å². The number of carbonyl (C=O) groups excluding carboxylic acids is 1. The van der Waals surface area contributed by atoms with Crippen LogP contribution in [0.25, 0.3) is 6.08 Å². The fourth-order valence-electron chi connectivity index (χ4n) is 2.50. The van der Waals surface area contributed by atoms with E-state index in [1.54, 1.807) is 41.5 Å². The van der Waals surface area contributed by atoms with Gasteiger partial charge in [0.25, 0.3) is 0 Å². The zero-order valence-corrected chi connectivity index (χ0v) is 15.8. The number of rotatable bonds is 4. The molecule has 1 amide bonds. The second-order valence-corrected chi connectivity index (χ2v) is 7.34. The molecule has 1 aliphatic heterocycles. The van der Waals surface area contributed by atoms with Crippen LogP contribution in [-0.2, 0) is 11.3 Å². The van der Waals surface area contributed by atoms with Gasteiger partial charge in [-0.3, -0.25) is 4.79 Å². The molecule has 0 aliphatic carbocycles. The van der Waals surface area contributed by atoms with E-state index in [-0.39, 0.29) is 5.91 Å². The number of halogens is 1. The summed E-state index contributed by atoms with van der Waals surface area (Å²) in [7, 11) is 1.80. The Kier molecular flexibility index (Phi) is 5.66. The molecule has 0 atom stereocenters. The summed E-state index contributed by atoms with van der Waals surface area (Å²) >= 11 is 7.94. The van der Waals surface area contributed by atoms with Crippen molar-refractivity contribution in [1.29, 1.82) is 0 Å². The topological polar surface area (TPSA) is 38.8 Å². The number of hydrogen-bond acceptors (Lipinski definition) is 4. The SMILES string of the molecule is Cc1ccsc1CN(C)C(=O)/C=C/c1cc(Cl)c2c(c1)OCCCO2. The van der Waals surface area contributed by atoms with Crippen molar-refractivity contribution in [2.24, 2.45) is 0 Å². The minimum atomic E-state index is -0.0592. The quantitative estimate of drug-likeness (QED) is 0.734. The third kappa shape index (κ3) is 4.35. The van der Waals surface area contributed by atoms with Crippen molar-refractivity contribution in [2.75, 3.05) is 20.3 Å². The van der Waals surface area contributed by atoms with Crippen molar-refractivity contribution < 1.29 is 14.3 Å². The van der Waals surface area contributed by atoms with Gasteiger partial charge in [0, 0.05) is 24.4 Å². The molecule has 0 saturated heterocycles. The fourth-order valence-corrected chi connectivity index (χ4v) is 3.73. The predicted octanol–water partition coefficient (Wildman–Crippen LogP) is 4.54. The van der Waals surface area contributed by atoms with Crippen LogP contribution in [0.1, 0.15) is 22.4 Å². The van der Waals surface area contributed by atoms with Gasteiger partial charge in [-0.1, -0.05) is 11.6 Å². The molecule has 0 N–H and O–H groups in total. The highest BCUT2D eigenvalue weighted by molar-refractivity contribution is 7.10. The first kappa shape index (κ1) is 17.8. The predicted molar refractivity (Wildman–Crippen MR) is 102 cm³/mol. The fraction of sp³-hybridized carbons (Fsp3) is 0.316. The van der Waals surface area contributed by atoms with Crippen molar-refractivity contribution in [1.82, 2.24) is 4.90 Å². The van der Waals surface area contributed by atoms with E-state index in [1.807, 2.05) is 11.4 Å². The number of likely N-dealkylation sites (N-methyl/N-ethyl adjacent to an activating group) is 1. The van der Waals surface area contributed by atoms with E-state index < -0.39 is 0 Å². The third-order valence-electron chi connectivity index (χ3n) is 3.97. The second-order valence-electron chi connectivity index (χ2n) is 5.93. The number of nitrogens with zero attached hydrogens (tertiary/aromatic N) is 1. The molecule has 132 valence electrons. The van der Waals surface area contributed by atoms with Gasteiger partial charge in [0.05, 0.1) is 24.8 Å². The first-order valence-corrected chi connectivity index (χ1v) is 9.35. The highest BCUT2D eigenvalue weighted by Crippen LogP contribution is 2.38. The molecule has 0 fully saturated rings. The molecule has 0 saturated carbocycles. The van der Waals surface area contributed by atoms with Crippen LogP contribution in [0.15, 0.2) is 29.7 Å². The van der Waals surface area contributed by atoms with Gasteiger partial charge in [0.2, 0.25) is 5.91 Å². The monoisotopic (exact) mass is 377 g/mol. The van der Waals surface area contributed by atoms with Gasteiger partial charge in [0.15, 0.2) is 11.5 Å². The summed E-state index contributed by atoms with van der Waals surface area (Å²) < 4.78 is 11.3. The Labute approximate surface area is 156 Å². The number of thiophene rings is 1. The van der Waals surface area contributed by atoms with Gasteiger partial charge < -0.3 is 14.4 Å². The molecule has 1 aromatic heterocycles. The Hall–Kier alpha value is -1.98. The van der Waals surface area contributed by atoms with Gasteiger partial charge in [-0.15, -0.1) is 11.3 Å². The molecule has 1 aromatic carbocycles. The smallest absolute Gasteiger partial charge is 0.246 e. The molecule has 4 nitrogen and oxygen atoms in total. The van der Waals surface area contributed by atoms with Crippen LogP contribution in [-0.4, -0.2) is 31.1 Å². The molecule has 0 radical (unpaired) electrons. The lowest BCUT2D eigenvalue weighted by Crippen LogP contribution is -2.23. The molecular weight excluding hydrogens is 358 g/mol. The van der Waals surface area contributed by atoms with Gasteiger partial charge >= 0.3 is 0 Å². The van der Waals surface area contributed by atoms with E-state index >= 15 is 0 Å². The second kappa shape index (κ2) is 7.93. The normalized spacial score (nSPS) is 13.7. The van der Waals surface area contributed by atoms with Gasteiger partial charge in [-0.05, 0) is 47.7 Å². The first-order valence-electron chi connectivity index (χ1n) is 8.10. The molecule has 25 heavy (non-hydrogen) atoms. The van der Waals surface area contributed by atoms with Crippen LogP contribution in [0, 0.1) is 6.92 Å². The lowest BCUT2D eigenvalue weighted by atomic mass is 10.2. The van der Waals surface area contributed by atoms with E-state index in [4.69, 9.17) is 21.1 Å². The van der Waals surface area contributed by atoms with Gasteiger partial charge in [-0.25, -0.2) is 0 Å². The van der Waals surface area contributed by atoms with Crippen molar-refractivity contribution in [3.05, 3.63) is 50.7 Å². The van der Waals surface area contributed by atoms with Crippen LogP contribution >= 0.6 is 22.9 Å². The Morgan fingerprint density at radius 3 is 2.92 bits per heavy atom. The third-order valence-corrected chi connectivity index (χ3v) is 5.26. The van der Waals surface area contributed by atoms with Crippen molar-refractivity contribution in [2.45, 2.75) is 19.9 Å². The number of fused-ring (bicyclic) bond motifs is 1. The number of amides is 1. The lowest BCUT2D eigenvalue weighted by Gasteiger charge is -2.14. The summed E-state index contributed by atoms with van der Waals surface area (Å²) in [5.74, 6) is 1.14. The molecular formula is C19H20ClNO3S.